The fourth-order valence-electron chi connectivity index (χ4n) is 1.03. The molecule has 0 bridgehead atoms. The maximum Gasteiger partial charge on any atom is 0.0950 e. The molecule has 0 unspecified atom stereocenters. The van der Waals surface area contributed by atoms with Crippen LogP contribution in [0.15, 0.2) is 25.2 Å². The highest BCUT2D eigenvalue weighted by Gasteiger charge is 1.95. The fourth-order valence-corrected chi connectivity index (χ4v) is 1.03. The summed E-state index contributed by atoms with van der Waals surface area (Å²) in [5, 5.41) is 8.73. The van der Waals surface area contributed by atoms with Crippen molar-refractivity contribution in [2.24, 2.45) is 0 Å². The van der Waals surface area contributed by atoms with E-state index in [2.05, 4.69) is 11.6 Å². The number of unbranched alkanes of at least 4 members (excludes halogenated alkanes) is 1. The van der Waals surface area contributed by atoms with E-state index in [-0.39, 0.29) is 6.61 Å². The predicted molar refractivity (Wildman–Crippen MR) is 47.6 cm³/mol. The molecule has 0 atom stereocenters. The van der Waals surface area contributed by atoms with Crippen molar-refractivity contribution in [3.05, 3.63) is 30.9 Å². The van der Waals surface area contributed by atoms with Crippen molar-refractivity contribution in [1.29, 1.82) is 0 Å². The molecular weight excluding hydrogens is 152 g/mol. The molecule has 0 aliphatic heterocycles. The third-order valence-corrected chi connectivity index (χ3v) is 1.67. The molecule has 1 N–H and O–H groups in total. The number of aryl methyl sites for hydroxylation is 1. The first-order chi connectivity index (χ1) is 5.86. The first kappa shape index (κ1) is 9.00. The molecule has 1 heterocycles. The third-order valence-electron chi connectivity index (χ3n) is 1.67. The van der Waals surface area contributed by atoms with Gasteiger partial charge in [-0.05, 0) is 12.8 Å². The summed E-state index contributed by atoms with van der Waals surface area (Å²) < 4.78 is 1.98. The number of nitrogens with zero attached hydrogens (tertiary/aromatic N) is 2. The summed E-state index contributed by atoms with van der Waals surface area (Å²) in [7, 11) is 0. The van der Waals surface area contributed by atoms with Crippen LogP contribution in [0.2, 0.25) is 0 Å². The van der Waals surface area contributed by atoms with E-state index in [9.17, 15) is 0 Å². The SMILES string of the molecule is C=CCCCn1cnc(CO)c1. The molecule has 0 aliphatic carbocycles. The molecule has 1 aromatic rings. The van der Waals surface area contributed by atoms with Gasteiger partial charge in [0, 0.05) is 12.7 Å². The summed E-state index contributed by atoms with van der Waals surface area (Å²) in [6.45, 7) is 4.61. The van der Waals surface area contributed by atoms with Crippen molar-refractivity contribution < 1.29 is 5.11 Å². The molecule has 0 saturated heterocycles. The zero-order valence-corrected chi connectivity index (χ0v) is 7.11. The second kappa shape index (κ2) is 4.72. The van der Waals surface area contributed by atoms with E-state index in [1.807, 2.05) is 16.8 Å². The van der Waals surface area contributed by atoms with E-state index in [0.29, 0.717) is 0 Å². The first-order valence-electron chi connectivity index (χ1n) is 4.09. The van der Waals surface area contributed by atoms with Crippen molar-refractivity contribution in [2.75, 3.05) is 0 Å². The minimum Gasteiger partial charge on any atom is -0.390 e. The highest BCUT2D eigenvalue weighted by molar-refractivity contribution is 4.93. The van der Waals surface area contributed by atoms with Gasteiger partial charge in [-0.2, -0.15) is 0 Å². The topological polar surface area (TPSA) is 38.0 Å². The number of aliphatic hydroxyl groups excluding tert-OH is 1. The zero-order valence-electron chi connectivity index (χ0n) is 7.11. The second-order valence-corrected chi connectivity index (χ2v) is 2.69. The Bertz CT molecular complexity index is 242. The molecule has 0 aromatic carbocycles. The second-order valence-electron chi connectivity index (χ2n) is 2.69. The number of hydrogen-bond acceptors (Lipinski definition) is 2. The molecule has 3 nitrogen and oxygen atoms in total. The Labute approximate surface area is 72.4 Å². The van der Waals surface area contributed by atoms with E-state index in [0.717, 1.165) is 25.1 Å². The van der Waals surface area contributed by atoms with Crippen LogP contribution in [0.5, 0.6) is 0 Å². The van der Waals surface area contributed by atoms with Crippen LogP contribution < -0.4 is 0 Å². The molecular formula is C9H14N2O. The standard InChI is InChI=1S/C9H14N2O/c1-2-3-4-5-11-6-9(7-12)10-8-11/h2,6,8,12H,1,3-5,7H2. The molecule has 0 saturated carbocycles. The molecule has 0 amide bonds. The summed E-state index contributed by atoms with van der Waals surface area (Å²) in [5.41, 5.74) is 0.730. The summed E-state index contributed by atoms with van der Waals surface area (Å²) >= 11 is 0. The Morgan fingerprint density at radius 1 is 1.67 bits per heavy atom. The van der Waals surface area contributed by atoms with Crippen molar-refractivity contribution in [3.8, 4) is 0 Å². The lowest BCUT2D eigenvalue weighted by Gasteiger charge is -1.97. The lowest BCUT2D eigenvalue weighted by atomic mass is 10.3. The average Bonchev–Trinajstić information content (AvgIpc) is 2.53. The van der Waals surface area contributed by atoms with Gasteiger partial charge in [-0.1, -0.05) is 6.08 Å². The number of allylic oxidation sites excluding steroid dienone is 1. The Morgan fingerprint density at radius 3 is 3.08 bits per heavy atom. The summed E-state index contributed by atoms with van der Waals surface area (Å²) in [6, 6.07) is 0. The van der Waals surface area contributed by atoms with Crippen LogP contribution in [0.4, 0.5) is 0 Å². The van der Waals surface area contributed by atoms with Gasteiger partial charge in [-0.3, -0.25) is 0 Å². The quantitative estimate of drug-likeness (QED) is 0.529. The maximum atomic E-state index is 8.73. The molecule has 0 radical (unpaired) electrons. The first-order valence-corrected chi connectivity index (χ1v) is 4.09. The van der Waals surface area contributed by atoms with E-state index in [4.69, 9.17) is 5.11 Å². The summed E-state index contributed by atoms with van der Waals surface area (Å²) in [6.07, 6.45) is 7.61. The lowest BCUT2D eigenvalue weighted by Crippen LogP contribution is -1.93. The Morgan fingerprint density at radius 2 is 2.50 bits per heavy atom. The average molecular weight is 166 g/mol. The van der Waals surface area contributed by atoms with E-state index in [1.165, 1.54) is 0 Å². The van der Waals surface area contributed by atoms with E-state index < -0.39 is 0 Å². The molecule has 1 rings (SSSR count). The molecule has 66 valence electrons. The third kappa shape index (κ3) is 2.51. The fraction of sp³-hybridized carbons (Fsp3) is 0.444. The molecule has 0 spiro atoms. The normalized spacial score (nSPS) is 10.1. The van der Waals surface area contributed by atoms with Gasteiger partial charge in [-0.25, -0.2) is 4.98 Å². The smallest absolute Gasteiger partial charge is 0.0950 e. The number of aliphatic hydroxyl groups is 1. The largest absolute Gasteiger partial charge is 0.390 e. The summed E-state index contributed by atoms with van der Waals surface area (Å²) in [5.74, 6) is 0. The van der Waals surface area contributed by atoms with Crippen molar-refractivity contribution in [1.82, 2.24) is 9.55 Å². The van der Waals surface area contributed by atoms with Gasteiger partial charge >= 0.3 is 0 Å². The Kier molecular flexibility index (Phi) is 3.54. The van der Waals surface area contributed by atoms with E-state index in [1.54, 1.807) is 6.33 Å². The highest BCUT2D eigenvalue weighted by atomic mass is 16.3. The van der Waals surface area contributed by atoms with Gasteiger partial charge in [0.15, 0.2) is 0 Å². The van der Waals surface area contributed by atoms with Crippen LogP contribution in [0, 0.1) is 0 Å². The zero-order chi connectivity index (χ0) is 8.81. The molecule has 0 fully saturated rings. The molecule has 12 heavy (non-hydrogen) atoms. The van der Waals surface area contributed by atoms with Gasteiger partial charge < -0.3 is 9.67 Å². The number of rotatable bonds is 5. The van der Waals surface area contributed by atoms with Gasteiger partial charge in [0.05, 0.1) is 18.6 Å². The van der Waals surface area contributed by atoms with Crippen molar-refractivity contribution >= 4 is 0 Å². The van der Waals surface area contributed by atoms with Crippen LogP contribution in [-0.4, -0.2) is 14.7 Å². The Hall–Kier alpha value is -1.09. The predicted octanol–water partition coefficient (Wildman–Crippen LogP) is 1.34. The van der Waals surface area contributed by atoms with Crippen molar-refractivity contribution in [3.63, 3.8) is 0 Å². The van der Waals surface area contributed by atoms with Gasteiger partial charge in [-0.15, -0.1) is 6.58 Å². The maximum absolute atomic E-state index is 8.73. The number of hydrogen-bond donors (Lipinski definition) is 1. The monoisotopic (exact) mass is 166 g/mol. The number of aromatic nitrogens is 2. The summed E-state index contributed by atoms with van der Waals surface area (Å²) in [4.78, 5) is 4.00. The van der Waals surface area contributed by atoms with Gasteiger partial charge in [0.1, 0.15) is 0 Å². The minimum atomic E-state index is 0.0223. The van der Waals surface area contributed by atoms with Gasteiger partial charge in [0.2, 0.25) is 0 Å². The van der Waals surface area contributed by atoms with Gasteiger partial charge in [0.25, 0.3) is 0 Å². The number of imidazole rings is 1. The lowest BCUT2D eigenvalue weighted by molar-refractivity contribution is 0.277. The van der Waals surface area contributed by atoms with Crippen LogP contribution in [-0.2, 0) is 13.2 Å². The van der Waals surface area contributed by atoms with Crippen LogP contribution in [0.1, 0.15) is 18.5 Å². The van der Waals surface area contributed by atoms with Crippen LogP contribution in [0.3, 0.4) is 0 Å². The van der Waals surface area contributed by atoms with Crippen LogP contribution in [0.25, 0.3) is 0 Å². The van der Waals surface area contributed by atoms with Crippen LogP contribution >= 0.6 is 0 Å². The van der Waals surface area contributed by atoms with E-state index >= 15 is 0 Å². The highest BCUT2D eigenvalue weighted by Crippen LogP contribution is 1.99. The molecule has 0 aliphatic rings. The Balaban J connectivity index is 2.36. The molecule has 3 heteroatoms. The minimum absolute atomic E-state index is 0.0223. The molecule has 1 aromatic heterocycles. The van der Waals surface area contributed by atoms with Crippen molar-refractivity contribution in [2.45, 2.75) is 26.0 Å².